The number of para-hydroxylation sites is 1. The van der Waals surface area contributed by atoms with Crippen LogP contribution in [0.25, 0.3) is 0 Å². The van der Waals surface area contributed by atoms with Gasteiger partial charge in [-0.3, -0.25) is 10.1 Å². The summed E-state index contributed by atoms with van der Waals surface area (Å²) in [5.74, 6) is -0.00617. The van der Waals surface area contributed by atoms with Gasteiger partial charge in [-0.05, 0) is 12.8 Å². The van der Waals surface area contributed by atoms with Crippen LogP contribution in [0, 0.1) is 10.1 Å². The number of guanidine groups is 1. The topological polar surface area (TPSA) is 108 Å². The van der Waals surface area contributed by atoms with Gasteiger partial charge in [0.1, 0.15) is 0 Å². The van der Waals surface area contributed by atoms with E-state index in [0.29, 0.717) is 0 Å². The second-order valence-electron chi connectivity index (χ2n) is 2.12. The molecule has 0 bridgehead atoms. The van der Waals surface area contributed by atoms with Crippen molar-refractivity contribution in [1.82, 2.24) is 0 Å². The molecule has 1 aromatic carbocycles. The molecule has 0 aliphatic heterocycles. The Morgan fingerprint density at radius 2 is 1.79 bits per heavy atom. The van der Waals surface area contributed by atoms with Gasteiger partial charge in [0.05, 0.1) is 4.92 Å². The Balaban J connectivity index is 0.000000292. The average Bonchev–Trinajstić information content (AvgIpc) is 2.20. The molecule has 0 heterocycles. The lowest BCUT2D eigenvalue weighted by molar-refractivity contribution is -0.384. The van der Waals surface area contributed by atoms with Gasteiger partial charge in [-0.2, -0.15) is 4.40 Å². The first-order chi connectivity index (χ1) is 6.57. The molecule has 76 valence electrons. The maximum absolute atomic E-state index is 10.0. The molecule has 0 aliphatic rings. The Labute approximate surface area is 86.3 Å². The molecule has 0 unspecified atom stereocenters. The molecular weight excluding hydrogens is 204 g/mol. The number of non-ortho nitro benzene ring substituents is 1. The molecule has 0 aromatic heterocycles. The van der Waals surface area contributed by atoms with Crippen LogP contribution >= 0.6 is 12.8 Å². The van der Waals surface area contributed by atoms with Crippen LogP contribution in [0.5, 0.6) is 0 Å². The SMILES string of the molecule is NC(N)=NS.O=[N+]([O-])c1ccccc1. The van der Waals surface area contributed by atoms with Crippen molar-refractivity contribution in [1.29, 1.82) is 0 Å². The standard InChI is InChI=1S/C6H5NO2.CH5N3S/c8-7(9)6-4-2-1-3-5-6;2-1(3)4-5/h1-5H;5H,(H4,2,3,4). The second-order valence-corrected chi connectivity index (χ2v) is 2.32. The van der Waals surface area contributed by atoms with E-state index in [2.05, 4.69) is 17.2 Å². The van der Waals surface area contributed by atoms with E-state index in [9.17, 15) is 10.1 Å². The van der Waals surface area contributed by atoms with Gasteiger partial charge in [-0.15, -0.1) is 0 Å². The van der Waals surface area contributed by atoms with Gasteiger partial charge in [-0.25, -0.2) is 0 Å². The molecule has 0 fully saturated rings. The number of rotatable bonds is 1. The van der Waals surface area contributed by atoms with E-state index < -0.39 is 4.92 Å². The number of nitro benzene ring substituents is 1. The molecule has 1 rings (SSSR count). The minimum absolute atomic E-state index is 0.00617. The third kappa shape index (κ3) is 5.84. The third-order valence-corrected chi connectivity index (χ3v) is 1.31. The fourth-order valence-corrected chi connectivity index (χ4v) is 0.550. The van der Waals surface area contributed by atoms with Crippen molar-refractivity contribution in [2.45, 2.75) is 0 Å². The summed E-state index contributed by atoms with van der Waals surface area (Å²) in [4.78, 5) is 9.59. The van der Waals surface area contributed by atoms with Gasteiger partial charge in [0.2, 0.25) is 0 Å². The maximum Gasteiger partial charge on any atom is 0.269 e. The van der Waals surface area contributed by atoms with Gasteiger partial charge >= 0.3 is 0 Å². The number of nitro groups is 1. The minimum Gasteiger partial charge on any atom is -0.369 e. The highest BCUT2D eigenvalue weighted by atomic mass is 32.1. The predicted octanol–water partition coefficient (Wildman–Crippen LogP) is 0.699. The van der Waals surface area contributed by atoms with E-state index in [0.717, 1.165) is 0 Å². The fraction of sp³-hybridized carbons (Fsp3) is 0. The molecule has 0 saturated heterocycles. The van der Waals surface area contributed by atoms with Gasteiger partial charge in [0.25, 0.3) is 5.69 Å². The summed E-state index contributed by atoms with van der Waals surface area (Å²) in [5.41, 5.74) is 9.62. The minimum atomic E-state index is -0.417. The molecule has 4 N–H and O–H groups in total. The van der Waals surface area contributed by atoms with E-state index >= 15 is 0 Å². The third-order valence-electron chi connectivity index (χ3n) is 1.08. The first kappa shape index (κ1) is 12.2. The molecular formula is C7H10N4O2S. The highest BCUT2D eigenvalue weighted by Gasteiger charge is 1.98. The number of benzene rings is 1. The van der Waals surface area contributed by atoms with Gasteiger partial charge < -0.3 is 11.5 Å². The molecule has 7 heteroatoms. The van der Waals surface area contributed by atoms with Crippen LogP contribution in [0.3, 0.4) is 0 Å². The van der Waals surface area contributed by atoms with Crippen molar-refractivity contribution < 1.29 is 4.92 Å². The number of hydrogen-bond acceptors (Lipinski definition) is 4. The van der Waals surface area contributed by atoms with Crippen molar-refractivity contribution >= 4 is 24.5 Å². The first-order valence-corrected chi connectivity index (χ1v) is 3.90. The van der Waals surface area contributed by atoms with Crippen LogP contribution in [-0.2, 0) is 0 Å². The summed E-state index contributed by atoms with van der Waals surface area (Å²) in [6.07, 6.45) is 0. The zero-order chi connectivity index (χ0) is 11.0. The molecule has 0 aliphatic carbocycles. The monoisotopic (exact) mass is 214 g/mol. The molecule has 1 aromatic rings. The smallest absolute Gasteiger partial charge is 0.269 e. The summed E-state index contributed by atoms with van der Waals surface area (Å²) in [6, 6.07) is 7.93. The lowest BCUT2D eigenvalue weighted by Crippen LogP contribution is -2.21. The van der Waals surface area contributed by atoms with Crippen molar-refractivity contribution in [3.63, 3.8) is 0 Å². The number of hydrogen-bond donors (Lipinski definition) is 3. The zero-order valence-corrected chi connectivity index (χ0v) is 8.09. The summed E-state index contributed by atoms with van der Waals surface area (Å²) in [7, 11) is 0. The zero-order valence-electron chi connectivity index (χ0n) is 7.20. The predicted molar refractivity (Wildman–Crippen MR) is 57.9 cm³/mol. The summed E-state index contributed by atoms with van der Waals surface area (Å²) in [5, 5.41) is 10.0. The molecule has 0 radical (unpaired) electrons. The van der Waals surface area contributed by atoms with Crippen molar-refractivity contribution in [2.24, 2.45) is 15.9 Å². The Hall–Kier alpha value is -1.76. The molecule has 14 heavy (non-hydrogen) atoms. The van der Waals surface area contributed by atoms with E-state index in [1.165, 1.54) is 12.1 Å². The Morgan fingerprint density at radius 1 is 1.36 bits per heavy atom. The molecule has 0 saturated carbocycles. The van der Waals surface area contributed by atoms with Gasteiger partial charge in [-0.1, -0.05) is 18.2 Å². The Morgan fingerprint density at radius 3 is 2.00 bits per heavy atom. The van der Waals surface area contributed by atoms with Crippen LogP contribution in [-0.4, -0.2) is 10.9 Å². The number of nitrogens with zero attached hydrogens (tertiary/aromatic N) is 2. The lowest BCUT2D eigenvalue weighted by Gasteiger charge is -1.85. The normalized spacial score (nSPS) is 8.07. The van der Waals surface area contributed by atoms with Crippen molar-refractivity contribution in [2.75, 3.05) is 0 Å². The largest absolute Gasteiger partial charge is 0.369 e. The van der Waals surface area contributed by atoms with Crippen LogP contribution in [0.1, 0.15) is 0 Å². The molecule has 0 amide bonds. The van der Waals surface area contributed by atoms with Crippen molar-refractivity contribution in [3.8, 4) is 0 Å². The van der Waals surface area contributed by atoms with Crippen LogP contribution in [0.15, 0.2) is 34.7 Å². The summed E-state index contributed by atoms with van der Waals surface area (Å²) in [6.45, 7) is 0. The highest BCUT2D eigenvalue weighted by Crippen LogP contribution is 2.06. The number of nitrogens with two attached hydrogens (primary N) is 2. The Kier molecular flexibility index (Phi) is 5.88. The summed E-state index contributed by atoms with van der Waals surface area (Å²) >= 11 is 3.35. The Bertz CT molecular complexity index is 311. The molecule has 0 spiro atoms. The average molecular weight is 214 g/mol. The van der Waals surface area contributed by atoms with Crippen LogP contribution in [0.2, 0.25) is 0 Å². The van der Waals surface area contributed by atoms with Crippen molar-refractivity contribution in [3.05, 3.63) is 40.4 Å². The highest BCUT2D eigenvalue weighted by molar-refractivity contribution is 7.79. The van der Waals surface area contributed by atoms with Crippen LogP contribution in [0.4, 0.5) is 5.69 Å². The maximum atomic E-state index is 10.0. The van der Waals surface area contributed by atoms with Gasteiger partial charge in [0, 0.05) is 12.1 Å². The molecule has 0 atom stereocenters. The molecule has 6 nitrogen and oxygen atoms in total. The number of thiol groups is 1. The fourth-order valence-electron chi connectivity index (χ4n) is 0.550. The van der Waals surface area contributed by atoms with E-state index in [1.54, 1.807) is 18.2 Å². The van der Waals surface area contributed by atoms with Gasteiger partial charge in [0.15, 0.2) is 5.96 Å². The summed E-state index contributed by atoms with van der Waals surface area (Å²) < 4.78 is 3.06. The first-order valence-electron chi connectivity index (χ1n) is 3.50. The van der Waals surface area contributed by atoms with E-state index in [4.69, 9.17) is 11.5 Å². The van der Waals surface area contributed by atoms with E-state index in [1.807, 2.05) is 0 Å². The van der Waals surface area contributed by atoms with Crippen LogP contribution < -0.4 is 11.5 Å². The van der Waals surface area contributed by atoms with E-state index in [-0.39, 0.29) is 11.6 Å². The second kappa shape index (κ2) is 6.72. The lowest BCUT2D eigenvalue weighted by atomic mass is 10.3. The quantitative estimate of drug-likeness (QED) is 0.210.